The summed E-state index contributed by atoms with van der Waals surface area (Å²) >= 11 is 0. The molecule has 1 aliphatic heterocycles. The summed E-state index contributed by atoms with van der Waals surface area (Å²) in [6, 6.07) is 11.3. The second-order valence-electron chi connectivity index (χ2n) is 9.04. The molecule has 5 rings (SSSR count). The van der Waals surface area contributed by atoms with Crippen LogP contribution in [0.25, 0.3) is 11.5 Å². The van der Waals surface area contributed by atoms with Crippen molar-refractivity contribution in [1.82, 2.24) is 14.8 Å². The van der Waals surface area contributed by atoms with Gasteiger partial charge in [-0.15, -0.1) is 0 Å². The van der Waals surface area contributed by atoms with Crippen molar-refractivity contribution in [2.24, 2.45) is 0 Å². The largest absolute Gasteiger partial charge is 0.469 e. The van der Waals surface area contributed by atoms with Crippen LogP contribution in [0, 0.1) is 0 Å². The van der Waals surface area contributed by atoms with E-state index in [1.54, 1.807) is 17.4 Å². The molecule has 4 heterocycles. The SMILES string of the molecule is CC1(C(=O)NC2CCCCC2)Cn2c(ccc2-c2ccco2)C(=O)N1CCc1ccco1. The molecule has 0 bridgehead atoms. The van der Waals surface area contributed by atoms with Gasteiger partial charge < -0.3 is 23.6 Å². The molecule has 0 radical (unpaired) electrons. The molecule has 7 nitrogen and oxygen atoms in total. The van der Waals surface area contributed by atoms with Crippen LogP contribution in [-0.4, -0.2) is 39.4 Å². The monoisotopic (exact) mass is 435 g/mol. The van der Waals surface area contributed by atoms with Crippen LogP contribution < -0.4 is 5.32 Å². The summed E-state index contributed by atoms with van der Waals surface area (Å²) in [5.74, 6) is 1.23. The number of rotatable bonds is 6. The molecule has 1 N–H and O–H groups in total. The van der Waals surface area contributed by atoms with Crippen molar-refractivity contribution in [3.05, 3.63) is 60.4 Å². The molecular weight excluding hydrogens is 406 g/mol. The Balaban J connectivity index is 1.48. The highest BCUT2D eigenvalue weighted by molar-refractivity contribution is 6.00. The van der Waals surface area contributed by atoms with Crippen molar-refractivity contribution >= 4 is 11.8 Å². The van der Waals surface area contributed by atoms with E-state index in [1.165, 1.54) is 6.42 Å². The molecule has 1 saturated carbocycles. The highest BCUT2D eigenvalue weighted by Crippen LogP contribution is 2.34. The molecule has 1 aliphatic carbocycles. The number of hydrogen-bond acceptors (Lipinski definition) is 4. The molecule has 7 heteroatoms. The van der Waals surface area contributed by atoms with Gasteiger partial charge in [-0.05, 0) is 56.2 Å². The third-order valence-corrected chi connectivity index (χ3v) is 6.87. The first-order chi connectivity index (χ1) is 15.6. The molecular formula is C25H29N3O4. The van der Waals surface area contributed by atoms with E-state index in [0.717, 1.165) is 37.1 Å². The van der Waals surface area contributed by atoms with Crippen LogP contribution >= 0.6 is 0 Å². The number of nitrogens with one attached hydrogen (secondary N) is 1. The van der Waals surface area contributed by atoms with E-state index in [2.05, 4.69) is 5.32 Å². The number of aromatic nitrogens is 1. The van der Waals surface area contributed by atoms with Crippen LogP contribution in [0.15, 0.2) is 57.8 Å². The Morgan fingerprint density at radius 2 is 1.81 bits per heavy atom. The van der Waals surface area contributed by atoms with Gasteiger partial charge in [-0.2, -0.15) is 0 Å². The van der Waals surface area contributed by atoms with Gasteiger partial charge in [-0.3, -0.25) is 9.59 Å². The van der Waals surface area contributed by atoms with Gasteiger partial charge in [0.05, 0.1) is 24.8 Å². The summed E-state index contributed by atoms with van der Waals surface area (Å²) in [6.07, 6.45) is 9.27. The summed E-state index contributed by atoms with van der Waals surface area (Å²) in [4.78, 5) is 29.0. The predicted octanol–water partition coefficient (Wildman–Crippen LogP) is 4.25. The van der Waals surface area contributed by atoms with Crippen LogP contribution in [-0.2, 0) is 17.8 Å². The van der Waals surface area contributed by atoms with Gasteiger partial charge in [-0.1, -0.05) is 19.3 Å². The zero-order chi connectivity index (χ0) is 22.1. The van der Waals surface area contributed by atoms with Crippen molar-refractivity contribution in [2.45, 2.75) is 63.6 Å². The Kier molecular flexibility index (Phi) is 5.41. The standard InChI is InChI=1S/C25H29N3O4/c1-25(24(30)26-18-7-3-2-4-8-18)17-27-20(22-10-6-16-32-22)11-12-21(27)23(29)28(25)14-13-19-9-5-15-31-19/h5-6,9-12,15-16,18H,2-4,7-8,13-14,17H2,1H3,(H,26,30). The Labute approximate surface area is 187 Å². The fraction of sp³-hybridized carbons (Fsp3) is 0.440. The Morgan fingerprint density at radius 1 is 1.06 bits per heavy atom. The van der Waals surface area contributed by atoms with E-state index in [-0.39, 0.29) is 17.9 Å². The van der Waals surface area contributed by atoms with Crippen molar-refractivity contribution < 1.29 is 18.4 Å². The second-order valence-corrected chi connectivity index (χ2v) is 9.04. The number of carbonyl (C=O) groups is 2. The Bertz CT molecular complexity index is 1080. The topological polar surface area (TPSA) is 80.6 Å². The van der Waals surface area contributed by atoms with Gasteiger partial charge in [0.15, 0.2) is 0 Å². The van der Waals surface area contributed by atoms with Crippen LogP contribution in [0.1, 0.15) is 55.3 Å². The molecule has 0 spiro atoms. The zero-order valence-corrected chi connectivity index (χ0v) is 18.4. The lowest BCUT2D eigenvalue weighted by Crippen LogP contribution is -2.65. The first-order valence-corrected chi connectivity index (χ1v) is 11.4. The molecule has 0 aromatic carbocycles. The van der Waals surface area contributed by atoms with Crippen molar-refractivity contribution in [1.29, 1.82) is 0 Å². The molecule has 3 aromatic rings. The van der Waals surface area contributed by atoms with Gasteiger partial charge in [0.25, 0.3) is 5.91 Å². The molecule has 168 valence electrons. The fourth-order valence-corrected chi connectivity index (χ4v) is 5.03. The average molecular weight is 436 g/mol. The third kappa shape index (κ3) is 3.66. The van der Waals surface area contributed by atoms with E-state index in [1.807, 2.05) is 47.9 Å². The number of carbonyl (C=O) groups excluding carboxylic acids is 2. The molecule has 0 saturated heterocycles. The molecule has 2 aliphatic rings. The number of furan rings is 2. The van der Waals surface area contributed by atoms with Crippen LogP contribution in [0.4, 0.5) is 0 Å². The first kappa shape index (κ1) is 20.7. The summed E-state index contributed by atoms with van der Waals surface area (Å²) in [7, 11) is 0. The zero-order valence-electron chi connectivity index (χ0n) is 18.4. The molecule has 1 atom stereocenters. The summed E-state index contributed by atoms with van der Waals surface area (Å²) < 4.78 is 13.0. The van der Waals surface area contributed by atoms with Crippen LogP contribution in [0.2, 0.25) is 0 Å². The lowest BCUT2D eigenvalue weighted by molar-refractivity contribution is -0.133. The second kappa shape index (κ2) is 8.37. The van der Waals surface area contributed by atoms with Gasteiger partial charge in [0, 0.05) is 19.0 Å². The molecule has 2 amide bonds. The Morgan fingerprint density at radius 3 is 2.53 bits per heavy atom. The lowest BCUT2D eigenvalue weighted by atomic mass is 9.91. The van der Waals surface area contributed by atoms with E-state index in [0.29, 0.717) is 31.0 Å². The minimum Gasteiger partial charge on any atom is -0.469 e. The minimum atomic E-state index is -1.02. The molecule has 32 heavy (non-hydrogen) atoms. The molecule has 3 aromatic heterocycles. The number of nitrogens with zero attached hydrogens (tertiary/aromatic N) is 2. The highest BCUT2D eigenvalue weighted by atomic mass is 16.3. The quantitative estimate of drug-likeness (QED) is 0.628. The van der Waals surface area contributed by atoms with Crippen molar-refractivity contribution in [3.63, 3.8) is 0 Å². The van der Waals surface area contributed by atoms with Gasteiger partial charge >= 0.3 is 0 Å². The average Bonchev–Trinajstić information content (AvgIpc) is 3.56. The highest BCUT2D eigenvalue weighted by Gasteiger charge is 2.48. The van der Waals surface area contributed by atoms with Crippen molar-refractivity contribution in [2.75, 3.05) is 6.54 Å². The molecule has 1 fully saturated rings. The summed E-state index contributed by atoms with van der Waals surface area (Å²) in [6.45, 7) is 2.65. The Hall–Kier alpha value is -3.22. The summed E-state index contributed by atoms with van der Waals surface area (Å²) in [5.41, 5.74) is 0.355. The predicted molar refractivity (Wildman–Crippen MR) is 119 cm³/mol. The van der Waals surface area contributed by atoms with Gasteiger partial charge in [-0.25, -0.2) is 0 Å². The van der Waals surface area contributed by atoms with Gasteiger partial charge in [0.1, 0.15) is 22.8 Å². The maximum Gasteiger partial charge on any atom is 0.271 e. The maximum atomic E-state index is 13.7. The lowest BCUT2D eigenvalue weighted by Gasteiger charge is -2.45. The van der Waals surface area contributed by atoms with E-state index >= 15 is 0 Å². The van der Waals surface area contributed by atoms with Crippen LogP contribution in [0.3, 0.4) is 0 Å². The summed E-state index contributed by atoms with van der Waals surface area (Å²) in [5, 5.41) is 3.26. The van der Waals surface area contributed by atoms with Crippen LogP contribution in [0.5, 0.6) is 0 Å². The van der Waals surface area contributed by atoms with E-state index < -0.39 is 5.54 Å². The number of amides is 2. The first-order valence-electron chi connectivity index (χ1n) is 11.4. The van der Waals surface area contributed by atoms with E-state index in [4.69, 9.17) is 8.83 Å². The normalized spacial score (nSPS) is 21.5. The van der Waals surface area contributed by atoms with Gasteiger partial charge in [0.2, 0.25) is 5.91 Å². The van der Waals surface area contributed by atoms with Crippen molar-refractivity contribution in [3.8, 4) is 11.5 Å². The number of fused-ring (bicyclic) bond motifs is 1. The van der Waals surface area contributed by atoms with E-state index in [9.17, 15) is 9.59 Å². The molecule has 1 unspecified atom stereocenters. The smallest absolute Gasteiger partial charge is 0.271 e. The maximum absolute atomic E-state index is 13.7. The fourth-order valence-electron chi connectivity index (χ4n) is 5.03. The number of hydrogen-bond donors (Lipinski definition) is 1. The minimum absolute atomic E-state index is 0.0954. The third-order valence-electron chi connectivity index (χ3n) is 6.87.